The molecule has 0 spiro atoms. The van der Waals surface area contributed by atoms with Gasteiger partial charge in [-0.05, 0) is 74.3 Å². The van der Waals surface area contributed by atoms with Gasteiger partial charge in [-0.1, -0.05) is 115 Å². The van der Waals surface area contributed by atoms with Crippen molar-refractivity contribution < 1.29 is 0 Å². The van der Waals surface area contributed by atoms with E-state index in [1.165, 1.54) is 49.4 Å². The summed E-state index contributed by atoms with van der Waals surface area (Å²) in [6.07, 6.45) is 6.94. The van der Waals surface area contributed by atoms with E-state index in [9.17, 15) is 0 Å². The molecule has 0 aromatic heterocycles. The van der Waals surface area contributed by atoms with E-state index in [0.717, 1.165) is 12.8 Å². The van der Waals surface area contributed by atoms with Crippen LogP contribution >= 0.6 is 0 Å². The minimum atomic E-state index is -0.172. The molecule has 0 heterocycles. The summed E-state index contributed by atoms with van der Waals surface area (Å²) < 4.78 is 0. The smallest absolute Gasteiger partial charge is 0.0423 e. The highest BCUT2D eigenvalue weighted by Gasteiger charge is 2.38. The predicted octanol–water partition coefficient (Wildman–Crippen LogP) is 8.25. The Bertz CT molecular complexity index is 1530. The van der Waals surface area contributed by atoms with Gasteiger partial charge in [0.15, 0.2) is 0 Å². The Morgan fingerprint density at radius 3 is 1.79 bits per heavy atom. The van der Waals surface area contributed by atoms with Crippen molar-refractivity contribution in [2.24, 2.45) is 0 Å². The van der Waals surface area contributed by atoms with Crippen molar-refractivity contribution in [2.45, 2.75) is 18.3 Å². The van der Waals surface area contributed by atoms with Crippen LogP contribution in [0.2, 0.25) is 0 Å². The molecule has 0 unspecified atom stereocenters. The van der Waals surface area contributed by atoms with Gasteiger partial charge in [0, 0.05) is 5.41 Å². The summed E-state index contributed by atoms with van der Waals surface area (Å²) >= 11 is 0. The number of fused-ring (bicyclic) bond motifs is 4. The molecule has 156 valence electrons. The molecule has 7 rings (SSSR count). The van der Waals surface area contributed by atoms with Gasteiger partial charge in [0.25, 0.3) is 0 Å². The maximum atomic E-state index is 2.47. The standard InChI is InChI=1S/C33H24/c1-3-9-25-20-29(15-13-23(25)7-1)33(30-16-14-24-8-2-4-10-26(24)21-30)18-17-32-28(22-33)19-27-11-5-6-12-31(27)32/h1-18,20-21H,19,22H2. The van der Waals surface area contributed by atoms with Crippen molar-refractivity contribution in [3.8, 4) is 0 Å². The fourth-order valence-corrected chi connectivity index (χ4v) is 5.94. The van der Waals surface area contributed by atoms with Crippen LogP contribution in [0.15, 0.2) is 127 Å². The second-order valence-electron chi connectivity index (χ2n) is 9.46. The van der Waals surface area contributed by atoms with Crippen molar-refractivity contribution in [1.29, 1.82) is 0 Å². The average molecular weight is 421 g/mol. The Labute approximate surface area is 194 Å². The molecule has 0 fully saturated rings. The lowest BCUT2D eigenvalue weighted by atomic mass is 9.67. The van der Waals surface area contributed by atoms with E-state index in [-0.39, 0.29) is 5.41 Å². The summed E-state index contributed by atoms with van der Waals surface area (Å²) in [4.78, 5) is 0. The highest BCUT2D eigenvalue weighted by atomic mass is 14.4. The zero-order valence-electron chi connectivity index (χ0n) is 18.5. The molecule has 0 heteroatoms. The van der Waals surface area contributed by atoms with Crippen LogP contribution in [0.3, 0.4) is 0 Å². The summed E-state index contributed by atoms with van der Waals surface area (Å²) in [6.45, 7) is 0. The van der Waals surface area contributed by atoms with Crippen molar-refractivity contribution in [2.75, 3.05) is 0 Å². The molecule has 0 bridgehead atoms. The van der Waals surface area contributed by atoms with E-state index in [1.54, 1.807) is 5.57 Å². The first-order chi connectivity index (χ1) is 16.3. The van der Waals surface area contributed by atoms with Gasteiger partial charge in [-0.15, -0.1) is 0 Å². The molecule has 5 aromatic carbocycles. The first-order valence-corrected chi connectivity index (χ1v) is 11.8. The molecule has 0 nitrogen and oxygen atoms in total. The van der Waals surface area contributed by atoms with E-state index in [2.05, 4.69) is 121 Å². The normalized spacial score (nSPS) is 16.2. The van der Waals surface area contributed by atoms with Crippen LogP contribution in [0.4, 0.5) is 0 Å². The highest BCUT2D eigenvalue weighted by molar-refractivity contribution is 5.88. The van der Waals surface area contributed by atoms with Crippen LogP contribution in [0.25, 0.3) is 27.1 Å². The third-order valence-corrected chi connectivity index (χ3v) is 7.65. The van der Waals surface area contributed by atoms with E-state index < -0.39 is 0 Å². The van der Waals surface area contributed by atoms with Gasteiger partial charge in [-0.2, -0.15) is 0 Å². The first kappa shape index (κ1) is 18.7. The Kier molecular flexibility index (Phi) is 3.98. The van der Waals surface area contributed by atoms with Crippen LogP contribution in [0.5, 0.6) is 0 Å². The van der Waals surface area contributed by atoms with Crippen molar-refractivity contribution in [3.63, 3.8) is 0 Å². The Balaban J connectivity index is 1.44. The Hall–Kier alpha value is -3.90. The quantitative estimate of drug-likeness (QED) is 0.270. The molecule has 0 atom stereocenters. The number of hydrogen-bond donors (Lipinski definition) is 0. The lowest BCUT2D eigenvalue weighted by Gasteiger charge is -2.36. The first-order valence-electron chi connectivity index (χ1n) is 11.8. The number of rotatable bonds is 2. The lowest BCUT2D eigenvalue weighted by molar-refractivity contribution is 0.624. The second kappa shape index (κ2) is 7.05. The van der Waals surface area contributed by atoms with Gasteiger partial charge in [0.2, 0.25) is 0 Å². The van der Waals surface area contributed by atoms with E-state index >= 15 is 0 Å². The summed E-state index contributed by atoms with van der Waals surface area (Å²) in [5.41, 5.74) is 8.43. The highest BCUT2D eigenvalue weighted by Crippen LogP contribution is 2.49. The van der Waals surface area contributed by atoms with Gasteiger partial charge < -0.3 is 0 Å². The summed E-state index contributed by atoms with van der Waals surface area (Å²) in [6, 6.07) is 40.3. The fourth-order valence-electron chi connectivity index (χ4n) is 5.94. The third kappa shape index (κ3) is 2.84. The largest absolute Gasteiger partial charge is 0.0687 e. The minimum Gasteiger partial charge on any atom is -0.0687 e. The summed E-state index contributed by atoms with van der Waals surface area (Å²) in [5.74, 6) is 0. The number of allylic oxidation sites excluding steroid dienone is 4. The van der Waals surface area contributed by atoms with Crippen LogP contribution in [0.1, 0.15) is 28.7 Å². The predicted molar refractivity (Wildman–Crippen MR) is 139 cm³/mol. The molecule has 0 saturated heterocycles. The van der Waals surface area contributed by atoms with Crippen molar-refractivity contribution >= 4 is 27.1 Å². The molecular formula is C33H24. The lowest BCUT2D eigenvalue weighted by Crippen LogP contribution is -2.28. The molecular weight excluding hydrogens is 396 g/mol. The number of benzene rings is 5. The molecule has 33 heavy (non-hydrogen) atoms. The van der Waals surface area contributed by atoms with Gasteiger partial charge in [0.05, 0.1) is 0 Å². The zero-order chi connectivity index (χ0) is 21.8. The van der Waals surface area contributed by atoms with Gasteiger partial charge in [-0.3, -0.25) is 0 Å². The molecule has 5 aromatic rings. The van der Waals surface area contributed by atoms with Gasteiger partial charge in [-0.25, -0.2) is 0 Å². The molecule has 2 aliphatic rings. The van der Waals surface area contributed by atoms with Crippen molar-refractivity contribution in [3.05, 3.63) is 149 Å². The molecule has 0 amide bonds. The van der Waals surface area contributed by atoms with E-state index in [1.807, 2.05) is 0 Å². The molecule has 0 radical (unpaired) electrons. The molecule has 0 N–H and O–H groups in total. The Morgan fingerprint density at radius 1 is 0.545 bits per heavy atom. The maximum absolute atomic E-state index is 2.47. The van der Waals surface area contributed by atoms with Crippen LogP contribution in [-0.4, -0.2) is 0 Å². The Morgan fingerprint density at radius 2 is 1.12 bits per heavy atom. The average Bonchev–Trinajstić information content (AvgIpc) is 3.25. The third-order valence-electron chi connectivity index (χ3n) is 7.65. The minimum absolute atomic E-state index is 0.172. The summed E-state index contributed by atoms with van der Waals surface area (Å²) in [5, 5.41) is 5.20. The monoisotopic (exact) mass is 420 g/mol. The SMILES string of the molecule is C1=CC(c2ccc3ccccc3c2)(c2ccc3ccccc3c2)CC2=C1c1ccccc1C2. The van der Waals surface area contributed by atoms with Gasteiger partial charge >= 0.3 is 0 Å². The van der Waals surface area contributed by atoms with Crippen molar-refractivity contribution in [1.82, 2.24) is 0 Å². The van der Waals surface area contributed by atoms with Crippen LogP contribution < -0.4 is 0 Å². The maximum Gasteiger partial charge on any atom is 0.0423 e. The van der Waals surface area contributed by atoms with Crippen LogP contribution in [0, 0.1) is 0 Å². The van der Waals surface area contributed by atoms with Gasteiger partial charge in [0.1, 0.15) is 0 Å². The molecule has 2 aliphatic carbocycles. The number of hydrogen-bond acceptors (Lipinski definition) is 0. The van der Waals surface area contributed by atoms with E-state index in [4.69, 9.17) is 0 Å². The second-order valence-corrected chi connectivity index (χ2v) is 9.46. The summed E-state index contributed by atoms with van der Waals surface area (Å²) in [7, 11) is 0. The fraction of sp³-hybridized carbons (Fsp3) is 0.0909. The zero-order valence-corrected chi connectivity index (χ0v) is 18.5. The topological polar surface area (TPSA) is 0 Å². The van der Waals surface area contributed by atoms with E-state index in [0.29, 0.717) is 0 Å². The molecule has 0 aliphatic heterocycles. The van der Waals surface area contributed by atoms with Crippen LogP contribution in [-0.2, 0) is 11.8 Å². The molecule has 0 saturated carbocycles.